The Balaban J connectivity index is 1.38. The van der Waals surface area contributed by atoms with Crippen molar-refractivity contribution in [1.82, 2.24) is 10.2 Å². The summed E-state index contributed by atoms with van der Waals surface area (Å²) in [6, 6.07) is 18.5. The molecule has 1 amide bonds. The maximum Gasteiger partial charge on any atom is 0.251 e. The smallest absolute Gasteiger partial charge is 0.251 e. The lowest BCUT2D eigenvalue weighted by Gasteiger charge is -2.23. The number of fused-ring (bicyclic) bond motifs is 2. The summed E-state index contributed by atoms with van der Waals surface area (Å²) in [4.78, 5) is 17.2. The van der Waals surface area contributed by atoms with Crippen molar-refractivity contribution < 1.29 is 4.79 Å². The van der Waals surface area contributed by atoms with Gasteiger partial charge in [-0.1, -0.05) is 30.0 Å². The molecule has 2 aromatic carbocycles. The van der Waals surface area contributed by atoms with Crippen molar-refractivity contribution in [2.24, 2.45) is 5.92 Å². The fourth-order valence-corrected chi connectivity index (χ4v) is 4.34. The molecule has 2 unspecified atom stereocenters. The molecular weight excluding hydrogens is 304 g/mol. The van der Waals surface area contributed by atoms with E-state index in [1.807, 2.05) is 42.5 Å². The van der Waals surface area contributed by atoms with Crippen LogP contribution in [-0.2, 0) is 0 Å². The predicted molar refractivity (Wildman–Crippen MR) is 92.8 cm³/mol. The Morgan fingerprint density at radius 1 is 1.00 bits per heavy atom. The maximum absolute atomic E-state index is 12.4. The van der Waals surface area contributed by atoms with Gasteiger partial charge < -0.3 is 10.2 Å². The van der Waals surface area contributed by atoms with E-state index < -0.39 is 0 Å². The minimum absolute atomic E-state index is 0.0556. The van der Waals surface area contributed by atoms with Gasteiger partial charge in [0, 0.05) is 34.5 Å². The average molecular weight is 324 g/mol. The van der Waals surface area contributed by atoms with Gasteiger partial charge in [0.05, 0.1) is 0 Å². The van der Waals surface area contributed by atoms with Crippen LogP contribution in [0.5, 0.6) is 0 Å². The first-order valence-electron chi connectivity index (χ1n) is 8.14. The normalized spacial score (nSPS) is 25.5. The molecule has 0 spiro atoms. The number of amides is 1. The molecule has 2 aliphatic rings. The number of benzene rings is 2. The lowest BCUT2D eigenvalue weighted by molar-refractivity contribution is 0.0924. The number of piperidine rings is 1. The lowest BCUT2D eigenvalue weighted by atomic mass is 9.99. The highest BCUT2D eigenvalue weighted by molar-refractivity contribution is 7.99. The van der Waals surface area contributed by atoms with Gasteiger partial charge in [0.2, 0.25) is 0 Å². The van der Waals surface area contributed by atoms with Crippen LogP contribution in [0, 0.1) is 5.92 Å². The second-order valence-electron chi connectivity index (χ2n) is 6.33. The summed E-state index contributed by atoms with van der Waals surface area (Å²) >= 11 is 1.71. The molecule has 2 heterocycles. The first kappa shape index (κ1) is 14.8. The van der Waals surface area contributed by atoms with Crippen LogP contribution in [0.15, 0.2) is 64.4 Å². The molecule has 3 atom stereocenters. The number of nitrogens with zero attached hydrogens (tertiary/aromatic N) is 1. The highest BCUT2D eigenvalue weighted by atomic mass is 32.2. The highest BCUT2D eigenvalue weighted by Gasteiger charge is 2.38. The second kappa shape index (κ2) is 6.38. The van der Waals surface area contributed by atoms with E-state index in [0.29, 0.717) is 12.0 Å². The number of carbonyl (C=O) groups excluding carboxylic acids is 1. The third kappa shape index (κ3) is 3.28. The Bertz CT molecular complexity index is 686. The molecule has 2 aromatic rings. The number of carbonyl (C=O) groups is 1. The second-order valence-corrected chi connectivity index (χ2v) is 7.47. The van der Waals surface area contributed by atoms with Crippen LogP contribution in [0.1, 0.15) is 16.8 Å². The third-order valence-corrected chi connectivity index (χ3v) is 5.76. The van der Waals surface area contributed by atoms with Crippen LogP contribution in [0.4, 0.5) is 0 Å². The topological polar surface area (TPSA) is 32.3 Å². The first-order chi connectivity index (χ1) is 11.3. The van der Waals surface area contributed by atoms with E-state index in [4.69, 9.17) is 0 Å². The van der Waals surface area contributed by atoms with Crippen molar-refractivity contribution in [2.75, 3.05) is 19.6 Å². The van der Waals surface area contributed by atoms with Crippen molar-refractivity contribution in [3.05, 3.63) is 60.2 Å². The van der Waals surface area contributed by atoms with Crippen LogP contribution in [0.2, 0.25) is 0 Å². The molecule has 4 heteroatoms. The number of hydrogen-bond donors (Lipinski definition) is 1. The van der Waals surface area contributed by atoms with Crippen LogP contribution in [-0.4, -0.2) is 36.5 Å². The van der Waals surface area contributed by atoms with Crippen molar-refractivity contribution >= 4 is 17.7 Å². The van der Waals surface area contributed by atoms with E-state index in [0.717, 1.165) is 23.5 Å². The van der Waals surface area contributed by atoms with Gasteiger partial charge in [0.15, 0.2) is 0 Å². The summed E-state index contributed by atoms with van der Waals surface area (Å²) in [5.74, 6) is 0.701. The van der Waals surface area contributed by atoms with Gasteiger partial charge in [-0.3, -0.25) is 4.79 Å². The largest absolute Gasteiger partial charge is 0.348 e. The maximum atomic E-state index is 12.4. The Labute approximate surface area is 141 Å². The fraction of sp³-hybridized carbons (Fsp3) is 0.316. The van der Waals surface area contributed by atoms with Crippen molar-refractivity contribution in [2.45, 2.75) is 22.3 Å². The monoisotopic (exact) mass is 324 g/mol. The van der Waals surface area contributed by atoms with E-state index in [1.165, 1.54) is 17.9 Å². The summed E-state index contributed by atoms with van der Waals surface area (Å²) < 4.78 is 0. The predicted octanol–water partition coefficient (Wildman–Crippen LogP) is 3.27. The molecule has 2 aliphatic heterocycles. The van der Waals surface area contributed by atoms with Crippen molar-refractivity contribution in [3.8, 4) is 0 Å². The summed E-state index contributed by atoms with van der Waals surface area (Å²) in [5, 5.41) is 3.21. The van der Waals surface area contributed by atoms with Gasteiger partial charge in [-0.15, -0.1) is 0 Å². The molecule has 0 saturated carbocycles. The summed E-state index contributed by atoms with van der Waals surface area (Å²) in [7, 11) is 0. The molecule has 0 aromatic heterocycles. The van der Waals surface area contributed by atoms with E-state index in [1.54, 1.807) is 11.8 Å². The van der Waals surface area contributed by atoms with Gasteiger partial charge in [-0.25, -0.2) is 0 Å². The van der Waals surface area contributed by atoms with Gasteiger partial charge in [-0.2, -0.15) is 0 Å². The Morgan fingerprint density at radius 2 is 1.74 bits per heavy atom. The number of hydrogen-bond acceptors (Lipinski definition) is 3. The van der Waals surface area contributed by atoms with E-state index in [9.17, 15) is 4.79 Å². The molecule has 3 nitrogen and oxygen atoms in total. The molecule has 2 saturated heterocycles. The van der Waals surface area contributed by atoms with Crippen molar-refractivity contribution in [3.63, 3.8) is 0 Å². The highest BCUT2D eigenvalue weighted by Crippen LogP contribution is 2.29. The fourth-order valence-electron chi connectivity index (χ4n) is 3.50. The van der Waals surface area contributed by atoms with E-state index in [2.05, 4.69) is 22.3 Å². The number of nitrogens with one attached hydrogen (secondary N) is 1. The van der Waals surface area contributed by atoms with Crippen LogP contribution < -0.4 is 5.32 Å². The zero-order valence-corrected chi connectivity index (χ0v) is 13.8. The standard InChI is InChI=1S/C19H20N2OS/c22-19(20-18-13-21-11-10-15(18)12-21)14-6-8-17(9-7-14)23-16-4-2-1-3-5-16/h1-9,15,18H,10-13H2,(H,20,22)/t15-,18?/m0/s1. The van der Waals surface area contributed by atoms with Crippen LogP contribution in [0.3, 0.4) is 0 Å². The minimum Gasteiger partial charge on any atom is -0.348 e. The lowest BCUT2D eigenvalue weighted by Crippen LogP contribution is -2.43. The molecule has 0 aliphatic carbocycles. The van der Waals surface area contributed by atoms with Crippen LogP contribution in [0.25, 0.3) is 0 Å². The Morgan fingerprint density at radius 3 is 2.39 bits per heavy atom. The molecule has 2 bridgehead atoms. The Hall–Kier alpha value is -1.78. The molecule has 23 heavy (non-hydrogen) atoms. The zero-order valence-electron chi connectivity index (χ0n) is 12.9. The molecule has 2 fully saturated rings. The summed E-state index contributed by atoms with van der Waals surface area (Å²) in [6.45, 7) is 3.36. The first-order valence-corrected chi connectivity index (χ1v) is 8.96. The van der Waals surface area contributed by atoms with E-state index in [-0.39, 0.29) is 5.91 Å². The molecular formula is C19H20N2OS. The molecule has 0 radical (unpaired) electrons. The summed E-state index contributed by atoms with van der Waals surface area (Å²) in [6.07, 6.45) is 1.22. The SMILES string of the molecule is O=C(NC1CN2CC[C@H]1C2)c1ccc(Sc2ccccc2)cc1. The van der Waals surface area contributed by atoms with Gasteiger partial charge >= 0.3 is 0 Å². The summed E-state index contributed by atoms with van der Waals surface area (Å²) in [5.41, 5.74) is 0.750. The van der Waals surface area contributed by atoms with Gasteiger partial charge in [-0.05, 0) is 55.3 Å². The molecule has 1 N–H and O–H groups in total. The third-order valence-electron chi connectivity index (χ3n) is 4.74. The molecule has 4 rings (SSSR count). The van der Waals surface area contributed by atoms with E-state index >= 15 is 0 Å². The van der Waals surface area contributed by atoms with Crippen molar-refractivity contribution in [1.29, 1.82) is 0 Å². The average Bonchev–Trinajstić information content (AvgIpc) is 3.19. The van der Waals surface area contributed by atoms with Crippen LogP contribution >= 0.6 is 11.8 Å². The zero-order chi connectivity index (χ0) is 15.6. The molecule has 118 valence electrons. The van der Waals surface area contributed by atoms with Gasteiger partial charge in [0.25, 0.3) is 5.91 Å². The van der Waals surface area contributed by atoms with Gasteiger partial charge in [0.1, 0.15) is 0 Å². The minimum atomic E-state index is 0.0556. The Kier molecular flexibility index (Phi) is 4.10. The quantitative estimate of drug-likeness (QED) is 0.937. The number of rotatable bonds is 4.